The van der Waals surface area contributed by atoms with Crippen LogP contribution in [0.4, 0.5) is 0 Å². The maximum absolute atomic E-state index is 12.7. The molecule has 2 N–H and O–H groups in total. The summed E-state index contributed by atoms with van der Waals surface area (Å²) >= 11 is 0. The fourth-order valence-electron chi connectivity index (χ4n) is 2.39. The minimum atomic E-state index is -0.696. The topological polar surface area (TPSA) is 49.6 Å². The van der Waals surface area contributed by atoms with Crippen molar-refractivity contribution < 1.29 is 4.79 Å². The van der Waals surface area contributed by atoms with Gasteiger partial charge in [-0.1, -0.05) is 41.5 Å². The Bertz CT molecular complexity index is 271. The third kappa shape index (κ3) is 5.80. The van der Waals surface area contributed by atoms with Crippen molar-refractivity contribution in [2.45, 2.75) is 59.9 Å². The third-order valence-corrected chi connectivity index (χ3v) is 4.14. The molecule has 0 unspecified atom stereocenters. The molecule has 0 bridgehead atoms. The van der Waals surface area contributed by atoms with Crippen LogP contribution in [0.2, 0.25) is 0 Å². The minimum absolute atomic E-state index is 0.114. The van der Waals surface area contributed by atoms with Crippen molar-refractivity contribution in [2.75, 3.05) is 32.7 Å². The molecule has 0 aromatic rings. The van der Waals surface area contributed by atoms with Gasteiger partial charge in [0, 0.05) is 19.6 Å². The monoisotopic (exact) mass is 285 g/mol. The molecular formula is C16H35N3O. The Balaban J connectivity index is 4.82. The highest BCUT2D eigenvalue weighted by molar-refractivity contribution is 5.86. The Morgan fingerprint density at radius 3 is 1.90 bits per heavy atom. The summed E-state index contributed by atoms with van der Waals surface area (Å²) in [7, 11) is 0. The van der Waals surface area contributed by atoms with Gasteiger partial charge in [0.25, 0.3) is 0 Å². The highest BCUT2D eigenvalue weighted by Crippen LogP contribution is 2.16. The molecule has 0 aliphatic heterocycles. The molecule has 0 aliphatic rings. The molecule has 0 heterocycles. The Morgan fingerprint density at radius 2 is 1.55 bits per heavy atom. The molecule has 0 aromatic carbocycles. The van der Waals surface area contributed by atoms with Crippen LogP contribution in [0.5, 0.6) is 0 Å². The second-order valence-corrected chi connectivity index (χ2v) is 6.04. The van der Waals surface area contributed by atoms with E-state index in [0.29, 0.717) is 18.8 Å². The zero-order valence-corrected chi connectivity index (χ0v) is 14.4. The van der Waals surface area contributed by atoms with E-state index < -0.39 is 5.54 Å². The average Bonchev–Trinajstić information content (AvgIpc) is 2.44. The van der Waals surface area contributed by atoms with Crippen LogP contribution in [-0.4, -0.2) is 54.0 Å². The molecule has 4 heteroatoms. The lowest BCUT2D eigenvalue weighted by molar-refractivity contribution is -0.138. The number of carbonyl (C=O) groups is 1. The van der Waals surface area contributed by atoms with Gasteiger partial charge in [-0.3, -0.25) is 4.79 Å². The first-order valence-corrected chi connectivity index (χ1v) is 8.15. The average molecular weight is 285 g/mol. The molecule has 0 fully saturated rings. The Kier molecular flexibility index (Phi) is 9.06. The second-order valence-electron chi connectivity index (χ2n) is 6.04. The van der Waals surface area contributed by atoms with E-state index in [4.69, 9.17) is 5.73 Å². The number of nitrogens with two attached hydrogens (primary N) is 1. The smallest absolute Gasteiger partial charge is 0.242 e. The van der Waals surface area contributed by atoms with Gasteiger partial charge in [-0.05, 0) is 31.8 Å². The lowest BCUT2D eigenvalue weighted by Crippen LogP contribution is -2.56. The van der Waals surface area contributed by atoms with Gasteiger partial charge in [-0.2, -0.15) is 0 Å². The zero-order valence-electron chi connectivity index (χ0n) is 14.4. The molecule has 4 nitrogen and oxygen atoms in total. The van der Waals surface area contributed by atoms with Gasteiger partial charge in [0.15, 0.2) is 0 Å². The molecule has 0 radical (unpaired) electrons. The Labute approximate surface area is 125 Å². The molecule has 0 rings (SSSR count). The summed E-state index contributed by atoms with van der Waals surface area (Å²) < 4.78 is 0. The van der Waals surface area contributed by atoms with Crippen LogP contribution in [0, 0.1) is 5.92 Å². The molecule has 0 saturated carbocycles. The first-order chi connectivity index (χ1) is 9.34. The maximum Gasteiger partial charge on any atom is 0.242 e. The van der Waals surface area contributed by atoms with Gasteiger partial charge in [-0.15, -0.1) is 0 Å². The zero-order chi connectivity index (χ0) is 15.8. The standard InChI is InChI=1S/C16H35N3O/c1-7-16(17,8-2)15(20)19(13-14(5)6)12-11-18(9-3)10-4/h14H,7-13,17H2,1-6H3. The summed E-state index contributed by atoms with van der Waals surface area (Å²) in [5.74, 6) is 0.581. The van der Waals surface area contributed by atoms with Crippen LogP contribution >= 0.6 is 0 Å². The van der Waals surface area contributed by atoms with Crippen LogP contribution in [0.15, 0.2) is 0 Å². The summed E-state index contributed by atoms with van der Waals surface area (Å²) in [5, 5.41) is 0. The third-order valence-electron chi connectivity index (χ3n) is 4.14. The molecule has 120 valence electrons. The summed E-state index contributed by atoms with van der Waals surface area (Å²) in [6.45, 7) is 17.1. The van der Waals surface area contributed by atoms with Crippen molar-refractivity contribution >= 4 is 5.91 Å². The van der Waals surface area contributed by atoms with Crippen LogP contribution in [0.1, 0.15) is 54.4 Å². The highest BCUT2D eigenvalue weighted by Gasteiger charge is 2.34. The number of hydrogen-bond acceptors (Lipinski definition) is 3. The summed E-state index contributed by atoms with van der Waals surface area (Å²) in [6, 6.07) is 0. The molecule has 0 saturated heterocycles. The van der Waals surface area contributed by atoms with E-state index in [-0.39, 0.29) is 5.91 Å². The highest BCUT2D eigenvalue weighted by atomic mass is 16.2. The fourth-order valence-corrected chi connectivity index (χ4v) is 2.39. The molecule has 0 aromatic heterocycles. The summed E-state index contributed by atoms with van der Waals surface area (Å²) in [5.41, 5.74) is 5.59. The van der Waals surface area contributed by atoms with E-state index in [1.807, 2.05) is 18.7 Å². The number of hydrogen-bond donors (Lipinski definition) is 1. The molecule has 0 aliphatic carbocycles. The number of carbonyl (C=O) groups excluding carboxylic acids is 1. The van der Waals surface area contributed by atoms with E-state index in [0.717, 1.165) is 32.7 Å². The van der Waals surface area contributed by atoms with Gasteiger partial charge in [0.1, 0.15) is 0 Å². The minimum Gasteiger partial charge on any atom is -0.340 e. The summed E-state index contributed by atoms with van der Waals surface area (Å²) in [4.78, 5) is 17.0. The van der Waals surface area contributed by atoms with Crippen LogP contribution < -0.4 is 5.73 Å². The molecular weight excluding hydrogens is 250 g/mol. The lowest BCUT2D eigenvalue weighted by Gasteiger charge is -2.35. The van der Waals surface area contributed by atoms with Crippen molar-refractivity contribution in [1.29, 1.82) is 0 Å². The quantitative estimate of drug-likeness (QED) is 0.670. The number of rotatable bonds is 10. The maximum atomic E-state index is 12.7. The second kappa shape index (κ2) is 9.35. The van der Waals surface area contributed by atoms with Crippen molar-refractivity contribution in [1.82, 2.24) is 9.80 Å². The molecule has 0 spiro atoms. The number of nitrogens with zero attached hydrogens (tertiary/aromatic N) is 2. The fraction of sp³-hybridized carbons (Fsp3) is 0.938. The first kappa shape index (κ1) is 19.4. The lowest BCUT2D eigenvalue weighted by atomic mass is 9.92. The molecule has 0 atom stereocenters. The SMILES string of the molecule is CCN(CC)CCN(CC(C)C)C(=O)C(N)(CC)CC. The van der Waals surface area contributed by atoms with Gasteiger partial charge >= 0.3 is 0 Å². The van der Waals surface area contributed by atoms with Crippen molar-refractivity contribution in [3.8, 4) is 0 Å². The van der Waals surface area contributed by atoms with Crippen LogP contribution in [-0.2, 0) is 4.79 Å². The van der Waals surface area contributed by atoms with Crippen molar-refractivity contribution in [2.24, 2.45) is 11.7 Å². The number of amides is 1. The summed E-state index contributed by atoms with van der Waals surface area (Å²) in [6.07, 6.45) is 1.39. The molecule has 1 amide bonds. The predicted octanol–water partition coefficient (Wildman–Crippen LogP) is 2.33. The van der Waals surface area contributed by atoms with E-state index in [9.17, 15) is 4.79 Å². The van der Waals surface area contributed by atoms with E-state index in [1.165, 1.54) is 0 Å². The largest absolute Gasteiger partial charge is 0.340 e. The number of likely N-dealkylation sites (N-methyl/N-ethyl adjacent to an activating group) is 1. The van der Waals surface area contributed by atoms with Crippen molar-refractivity contribution in [3.05, 3.63) is 0 Å². The predicted molar refractivity (Wildman–Crippen MR) is 86.7 cm³/mol. The normalized spacial score (nSPS) is 12.2. The van der Waals surface area contributed by atoms with Gasteiger partial charge < -0.3 is 15.5 Å². The Morgan fingerprint density at radius 1 is 1.05 bits per heavy atom. The van der Waals surface area contributed by atoms with Crippen LogP contribution in [0.3, 0.4) is 0 Å². The van der Waals surface area contributed by atoms with E-state index in [1.54, 1.807) is 0 Å². The van der Waals surface area contributed by atoms with Gasteiger partial charge in [0.05, 0.1) is 5.54 Å². The first-order valence-electron chi connectivity index (χ1n) is 8.15. The van der Waals surface area contributed by atoms with Crippen molar-refractivity contribution in [3.63, 3.8) is 0 Å². The molecule has 20 heavy (non-hydrogen) atoms. The van der Waals surface area contributed by atoms with Gasteiger partial charge in [0.2, 0.25) is 5.91 Å². The van der Waals surface area contributed by atoms with Gasteiger partial charge in [-0.25, -0.2) is 0 Å². The van der Waals surface area contributed by atoms with Crippen LogP contribution in [0.25, 0.3) is 0 Å². The van der Waals surface area contributed by atoms with E-state index >= 15 is 0 Å². The van der Waals surface area contributed by atoms with E-state index in [2.05, 4.69) is 32.6 Å². The Hall–Kier alpha value is -0.610.